The molecule has 14 nitrogen and oxygen atoms in total. The fourth-order valence-electron chi connectivity index (χ4n) is 2.80. The number of nitrogens with zero attached hydrogens (tertiary/aromatic N) is 5. The molecule has 2 aliphatic heterocycles. The zero-order valence-corrected chi connectivity index (χ0v) is 20.6. The first-order valence-corrected chi connectivity index (χ1v) is 13.3. The number of alkyl halides is 3. The minimum Gasteiger partial charge on any atom is -0.477 e. The number of halogens is 3. The highest BCUT2D eigenvalue weighted by atomic mass is 35.6. The average molecular weight is 584 g/mol. The standard InChI is InChI=1S/C13H13Cl3N6O8S3/c14-13(15,16)3-30-12(26)17-6-8(23)22-7(10(24)25)5(1-31-9(6)22)2-32-11-18-19-20-21(11)4-33(27,28)29/h6,9H,1-4H2,(H,17,26)(H,24,25)(H,27,28,29)/t6?,9-/m1/s1. The van der Waals surface area contributed by atoms with Gasteiger partial charge in [0.2, 0.25) is 8.95 Å². The molecule has 1 saturated heterocycles. The normalized spacial score (nSPS) is 20.8. The minimum atomic E-state index is -4.40. The first-order valence-electron chi connectivity index (χ1n) is 8.51. The van der Waals surface area contributed by atoms with Gasteiger partial charge in [0.25, 0.3) is 16.0 Å². The highest BCUT2D eigenvalue weighted by molar-refractivity contribution is 8.01. The van der Waals surface area contributed by atoms with E-state index in [1.54, 1.807) is 0 Å². The molecule has 1 aromatic heterocycles. The minimum absolute atomic E-state index is 0.0143. The van der Waals surface area contributed by atoms with Crippen molar-refractivity contribution in [2.75, 3.05) is 18.1 Å². The fourth-order valence-corrected chi connectivity index (χ4v) is 5.89. The summed E-state index contributed by atoms with van der Waals surface area (Å²) in [6, 6.07) is -1.04. The SMILES string of the molecule is O=C(NC1C(=O)N2C(C(=O)O)=C(CSc3nnnn3CS(=O)(=O)O)CS[C@H]12)OCC(Cl)(Cl)Cl. The summed E-state index contributed by atoms with van der Waals surface area (Å²) in [5.74, 6) is -2.71. The van der Waals surface area contributed by atoms with E-state index in [-0.39, 0.29) is 22.4 Å². The number of hydrogen-bond acceptors (Lipinski definition) is 11. The summed E-state index contributed by atoms with van der Waals surface area (Å²) in [5, 5.41) is 21.7. The number of carbonyl (C=O) groups excluding carboxylic acids is 2. The predicted molar refractivity (Wildman–Crippen MR) is 116 cm³/mol. The maximum absolute atomic E-state index is 12.6. The number of carbonyl (C=O) groups is 3. The van der Waals surface area contributed by atoms with E-state index in [1.807, 2.05) is 0 Å². The van der Waals surface area contributed by atoms with E-state index < -0.39 is 55.8 Å². The maximum Gasteiger partial charge on any atom is 0.408 e. The zero-order valence-electron chi connectivity index (χ0n) is 15.9. The number of hydrogen-bond donors (Lipinski definition) is 3. The van der Waals surface area contributed by atoms with Crippen LogP contribution in [0.1, 0.15) is 0 Å². The third-order valence-electron chi connectivity index (χ3n) is 4.05. The van der Waals surface area contributed by atoms with Crippen LogP contribution in [0.2, 0.25) is 0 Å². The molecule has 1 aromatic rings. The van der Waals surface area contributed by atoms with Crippen molar-refractivity contribution in [2.45, 2.75) is 26.2 Å². The molecule has 3 heterocycles. The Hall–Kier alpha value is -1.50. The van der Waals surface area contributed by atoms with Gasteiger partial charge in [0.15, 0.2) is 5.88 Å². The molecule has 1 fully saturated rings. The number of alkyl carbamates (subject to hydrolysis) is 1. The van der Waals surface area contributed by atoms with Gasteiger partial charge in [0.1, 0.15) is 23.7 Å². The topological polar surface area (TPSA) is 194 Å². The first kappa shape index (κ1) is 26.1. The van der Waals surface area contributed by atoms with E-state index in [0.29, 0.717) is 5.57 Å². The molecule has 0 aromatic carbocycles. The van der Waals surface area contributed by atoms with Crippen LogP contribution >= 0.6 is 58.3 Å². The van der Waals surface area contributed by atoms with Gasteiger partial charge < -0.3 is 15.2 Å². The summed E-state index contributed by atoms with van der Waals surface area (Å²) in [7, 11) is -4.40. The molecule has 0 radical (unpaired) electrons. The molecule has 3 N–H and O–H groups in total. The summed E-state index contributed by atoms with van der Waals surface area (Å²) >= 11 is 18.6. The van der Waals surface area contributed by atoms with Crippen LogP contribution in [0.25, 0.3) is 0 Å². The third-order valence-corrected chi connectivity index (χ3v) is 7.33. The molecule has 0 bridgehead atoms. The second-order valence-corrected chi connectivity index (χ2v) is 12.4. The number of fused-ring (bicyclic) bond motifs is 1. The molecule has 33 heavy (non-hydrogen) atoms. The molecule has 0 aliphatic carbocycles. The highest BCUT2D eigenvalue weighted by Gasteiger charge is 2.54. The molecule has 0 saturated carbocycles. The Morgan fingerprint density at radius 1 is 1.36 bits per heavy atom. The number of amides is 2. The number of aliphatic carboxylic acids is 1. The lowest BCUT2D eigenvalue weighted by atomic mass is 10.0. The van der Waals surface area contributed by atoms with Crippen molar-refractivity contribution < 1.29 is 37.2 Å². The number of rotatable bonds is 8. The van der Waals surface area contributed by atoms with E-state index in [9.17, 15) is 27.9 Å². The van der Waals surface area contributed by atoms with Crippen molar-refractivity contribution >= 4 is 86.4 Å². The number of aromatic nitrogens is 4. The second-order valence-electron chi connectivity index (χ2n) is 6.44. The summed E-state index contributed by atoms with van der Waals surface area (Å²) in [5.41, 5.74) is 0.0819. The van der Waals surface area contributed by atoms with Gasteiger partial charge in [-0.3, -0.25) is 14.2 Å². The van der Waals surface area contributed by atoms with Gasteiger partial charge in [-0.15, -0.1) is 16.9 Å². The Labute approximate surface area is 209 Å². The van der Waals surface area contributed by atoms with E-state index in [2.05, 4.69) is 20.8 Å². The zero-order chi connectivity index (χ0) is 24.6. The van der Waals surface area contributed by atoms with Crippen LogP contribution in [-0.4, -0.2) is 94.5 Å². The van der Waals surface area contributed by atoms with Crippen LogP contribution in [0.15, 0.2) is 16.4 Å². The smallest absolute Gasteiger partial charge is 0.408 e. The van der Waals surface area contributed by atoms with Crippen molar-refractivity contribution in [3.05, 3.63) is 11.3 Å². The molecule has 2 atom stereocenters. The maximum atomic E-state index is 12.6. The quantitative estimate of drug-likeness (QED) is 0.164. The van der Waals surface area contributed by atoms with Crippen molar-refractivity contribution in [3.8, 4) is 0 Å². The van der Waals surface area contributed by atoms with Gasteiger partial charge in [-0.25, -0.2) is 14.3 Å². The van der Waals surface area contributed by atoms with Crippen LogP contribution in [0.3, 0.4) is 0 Å². The number of nitrogens with one attached hydrogen (secondary N) is 1. The molecule has 2 aliphatic rings. The summed E-state index contributed by atoms with van der Waals surface area (Å²) < 4.78 is 34.8. The van der Waals surface area contributed by atoms with Crippen molar-refractivity contribution in [1.82, 2.24) is 30.4 Å². The predicted octanol–water partition coefficient (Wildman–Crippen LogP) is 0.329. The summed E-state index contributed by atoms with van der Waals surface area (Å²) in [6.07, 6.45) is -1.01. The molecular weight excluding hydrogens is 571 g/mol. The number of β-lactam (4-membered cyclic amide) rings is 1. The lowest BCUT2D eigenvalue weighted by Crippen LogP contribution is -2.70. The van der Waals surface area contributed by atoms with Crippen molar-refractivity contribution in [1.29, 1.82) is 0 Å². The number of ether oxygens (including phenoxy) is 1. The van der Waals surface area contributed by atoms with Crippen LogP contribution in [0.4, 0.5) is 4.79 Å². The number of thioether (sulfide) groups is 2. The van der Waals surface area contributed by atoms with Crippen LogP contribution in [-0.2, 0) is 30.3 Å². The Morgan fingerprint density at radius 3 is 2.67 bits per heavy atom. The number of carboxylic acid groups (broad SMARTS) is 1. The molecule has 182 valence electrons. The van der Waals surface area contributed by atoms with Crippen LogP contribution in [0.5, 0.6) is 0 Å². The Morgan fingerprint density at radius 2 is 2.06 bits per heavy atom. The van der Waals surface area contributed by atoms with Gasteiger partial charge >= 0.3 is 12.1 Å². The first-order chi connectivity index (χ1) is 15.3. The van der Waals surface area contributed by atoms with E-state index in [1.165, 1.54) is 11.8 Å². The average Bonchev–Trinajstić information content (AvgIpc) is 3.12. The monoisotopic (exact) mass is 582 g/mol. The van der Waals surface area contributed by atoms with E-state index >= 15 is 0 Å². The van der Waals surface area contributed by atoms with Gasteiger partial charge in [-0.1, -0.05) is 46.6 Å². The Bertz CT molecular complexity index is 1110. The summed E-state index contributed by atoms with van der Waals surface area (Å²) in [4.78, 5) is 37.3. The number of carboxylic acids is 1. The second kappa shape index (κ2) is 10.0. The highest BCUT2D eigenvalue weighted by Crippen LogP contribution is 2.41. The molecule has 3 rings (SSSR count). The lowest BCUT2D eigenvalue weighted by molar-refractivity contribution is -0.149. The summed E-state index contributed by atoms with van der Waals surface area (Å²) in [6.45, 7) is -0.551. The Kier molecular flexibility index (Phi) is 7.92. The Balaban J connectivity index is 1.69. The van der Waals surface area contributed by atoms with Crippen molar-refractivity contribution in [3.63, 3.8) is 0 Å². The van der Waals surface area contributed by atoms with Gasteiger partial charge in [-0.2, -0.15) is 8.42 Å². The van der Waals surface area contributed by atoms with E-state index in [4.69, 9.17) is 44.1 Å². The fraction of sp³-hybridized carbons (Fsp3) is 0.538. The molecule has 20 heteroatoms. The van der Waals surface area contributed by atoms with Crippen LogP contribution in [0, 0.1) is 0 Å². The van der Waals surface area contributed by atoms with Crippen molar-refractivity contribution in [2.24, 2.45) is 0 Å². The largest absolute Gasteiger partial charge is 0.477 e. The third kappa shape index (κ3) is 6.55. The van der Waals surface area contributed by atoms with Gasteiger partial charge in [0, 0.05) is 11.5 Å². The lowest BCUT2D eigenvalue weighted by Gasteiger charge is -2.49. The van der Waals surface area contributed by atoms with Gasteiger partial charge in [0.05, 0.1) is 0 Å². The van der Waals surface area contributed by atoms with E-state index in [0.717, 1.165) is 21.3 Å². The molecule has 1 unspecified atom stereocenters. The molecule has 2 amide bonds. The number of tetrazole rings is 1. The van der Waals surface area contributed by atoms with Gasteiger partial charge in [-0.05, 0) is 16.0 Å². The van der Waals surface area contributed by atoms with Crippen LogP contribution < -0.4 is 5.32 Å². The molecular formula is C13H13Cl3N6O8S3. The molecule has 0 spiro atoms.